The first-order chi connectivity index (χ1) is 13.9. The van der Waals surface area contributed by atoms with E-state index >= 15 is 0 Å². The van der Waals surface area contributed by atoms with Crippen LogP contribution in [-0.4, -0.2) is 33.7 Å². The van der Waals surface area contributed by atoms with Crippen LogP contribution in [0.1, 0.15) is 60.0 Å². The number of nitrogens with one attached hydrogen (secondary N) is 2. The van der Waals surface area contributed by atoms with Crippen LogP contribution >= 0.6 is 0 Å². The van der Waals surface area contributed by atoms with E-state index in [9.17, 15) is 14.7 Å². The minimum atomic E-state index is -0.515. The molecule has 1 unspecified atom stereocenters. The average molecular weight is 397 g/mol. The van der Waals surface area contributed by atoms with Gasteiger partial charge in [0.25, 0.3) is 5.91 Å². The molecule has 7 nitrogen and oxygen atoms in total. The molecule has 0 spiro atoms. The number of rotatable bonds is 6. The Hall–Kier alpha value is -2.67. The summed E-state index contributed by atoms with van der Waals surface area (Å²) in [5.74, 6) is 1.01. The Morgan fingerprint density at radius 3 is 2.86 bits per heavy atom. The lowest BCUT2D eigenvalue weighted by atomic mass is 9.74. The number of fused-ring (bicyclic) bond motifs is 1. The zero-order valence-electron chi connectivity index (χ0n) is 16.8. The normalized spacial score (nSPS) is 21.2. The molecule has 2 heterocycles. The highest BCUT2D eigenvalue weighted by Gasteiger charge is 2.36. The van der Waals surface area contributed by atoms with Crippen LogP contribution in [0.4, 0.5) is 0 Å². The number of aromatic nitrogens is 2. The summed E-state index contributed by atoms with van der Waals surface area (Å²) in [5.41, 5.74) is 2.44. The number of H-pyrrole nitrogens is 1. The maximum Gasteiger partial charge on any atom is 0.345 e. The summed E-state index contributed by atoms with van der Waals surface area (Å²) in [5, 5.41) is 12.9. The molecule has 2 aromatic rings. The number of ether oxygens (including phenoxy) is 1. The molecule has 1 fully saturated rings. The fourth-order valence-electron chi connectivity index (χ4n) is 4.16. The molecule has 1 aromatic carbocycles. The second kappa shape index (κ2) is 7.99. The number of hydrogen-bond acceptors (Lipinski definition) is 5. The molecule has 4 rings (SSSR count). The van der Waals surface area contributed by atoms with Crippen LogP contribution in [0, 0.1) is 11.8 Å². The lowest BCUT2D eigenvalue weighted by molar-refractivity contribution is 0.0234. The van der Waals surface area contributed by atoms with E-state index in [4.69, 9.17) is 4.74 Å². The summed E-state index contributed by atoms with van der Waals surface area (Å²) in [7, 11) is 0. The predicted molar refractivity (Wildman–Crippen MR) is 108 cm³/mol. The van der Waals surface area contributed by atoms with E-state index in [0.29, 0.717) is 37.5 Å². The van der Waals surface area contributed by atoms with Crippen molar-refractivity contribution in [1.82, 2.24) is 15.3 Å². The predicted octanol–water partition coefficient (Wildman–Crippen LogP) is 2.15. The molecular formula is C22H27N3O4. The molecule has 1 amide bonds. The van der Waals surface area contributed by atoms with Gasteiger partial charge in [-0.1, -0.05) is 19.9 Å². The number of aromatic amines is 1. The lowest BCUT2D eigenvalue weighted by Gasteiger charge is -2.38. The van der Waals surface area contributed by atoms with Gasteiger partial charge in [0.05, 0.1) is 18.8 Å². The number of carbonyl (C=O) groups is 1. The largest absolute Gasteiger partial charge is 0.493 e. The van der Waals surface area contributed by atoms with Crippen LogP contribution in [0.5, 0.6) is 5.75 Å². The summed E-state index contributed by atoms with van der Waals surface area (Å²) in [6.07, 6.45) is 2.47. The molecule has 0 bridgehead atoms. The van der Waals surface area contributed by atoms with Crippen LogP contribution in [0.3, 0.4) is 0 Å². The molecule has 7 heteroatoms. The third-order valence-electron chi connectivity index (χ3n) is 5.64. The van der Waals surface area contributed by atoms with E-state index in [1.165, 1.54) is 0 Å². The van der Waals surface area contributed by atoms with Gasteiger partial charge in [0.1, 0.15) is 11.4 Å². The van der Waals surface area contributed by atoms with Crippen molar-refractivity contribution in [1.29, 1.82) is 0 Å². The number of amides is 1. The molecule has 154 valence electrons. The second-order valence-electron chi connectivity index (χ2n) is 8.50. The fraction of sp³-hybridized carbons (Fsp3) is 0.500. The van der Waals surface area contributed by atoms with Gasteiger partial charge in [-0.15, -0.1) is 0 Å². The van der Waals surface area contributed by atoms with Crippen molar-refractivity contribution in [3.63, 3.8) is 0 Å². The van der Waals surface area contributed by atoms with Crippen LogP contribution in [0.2, 0.25) is 0 Å². The van der Waals surface area contributed by atoms with Crippen molar-refractivity contribution in [3.8, 4) is 5.75 Å². The molecule has 1 aromatic heterocycles. The van der Waals surface area contributed by atoms with Gasteiger partial charge in [-0.05, 0) is 60.4 Å². The lowest BCUT2D eigenvalue weighted by Crippen LogP contribution is -2.42. The highest BCUT2D eigenvalue weighted by Crippen LogP contribution is 2.39. The van der Waals surface area contributed by atoms with Crippen molar-refractivity contribution in [2.24, 2.45) is 11.8 Å². The molecular weight excluding hydrogens is 370 g/mol. The third kappa shape index (κ3) is 4.34. The molecule has 1 aliphatic carbocycles. The SMILES string of the molecule is CC(C)Cc1cc(C(=O)NC(c2ccc3c(c2)CCO3)C2CC(O)C2)nc(=O)[nH]1. The quantitative estimate of drug-likeness (QED) is 0.693. The van der Waals surface area contributed by atoms with E-state index in [2.05, 4.69) is 21.4 Å². The zero-order valence-corrected chi connectivity index (χ0v) is 16.8. The summed E-state index contributed by atoms with van der Waals surface area (Å²) in [6.45, 7) is 4.77. The zero-order chi connectivity index (χ0) is 20.5. The van der Waals surface area contributed by atoms with Gasteiger partial charge in [-0.3, -0.25) is 4.79 Å². The number of benzene rings is 1. The Balaban J connectivity index is 1.59. The maximum absolute atomic E-state index is 13.0. The molecule has 1 aliphatic heterocycles. The number of aliphatic hydroxyl groups excluding tert-OH is 1. The Morgan fingerprint density at radius 1 is 1.34 bits per heavy atom. The van der Waals surface area contributed by atoms with Crippen LogP contribution < -0.4 is 15.7 Å². The average Bonchev–Trinajstić information content (AvgIpc) is 3.10. The minimum Gasteiger partial charge on any atom is -0.493 e. The molecule has 29 heavy (non-hydrogen) atoms. The van der Waals surface area contributed by atoms with Gasteiger partial charge in [0.2, 0.25) is 0 Å². The van der Waals surface area contributed by atoms with Crippen molar-refractivity contribution in [2.45, 2.75) is 51.7 Å². The van der Waals surface area contributed by atoms with Gasteiger partial charge in [0.15, 0.2) is 0 Å². The van der Waals surface area contributed by atoms with Crippen molar-refractivity contribution in [3.05, 3.63) is 57.3 Å². The van der Waals surface area contributed by atoms with Crippen LogP contribution in [-0.2, 0) is 12.8 Å². The van der Waals surface area contributed by atoms with Gasteiger partial charge >= 0.3 is 5.69 Å². The van der Waals surface area contributed by atoms with E-state index in [0.717, 1.165) is 23.3 Å². The fourth-order valence-corrected chi connectivity index (χ4v) is 4.16. The van der Waals surface area contributed by atoms with Crippen LogP contribution in [0.25, 0.3) is 0 Å². The molecule has 1 saturated carbocycles. The third-order valence-corrected chi connectivity index (χ3v) is 5.64. The van der Waals surface area contributed by atoms with Crippen molar-refractivity contribution >= 4 is 5.91 Å². The summed E-state index contributed by atoms with van der Waals surface area (Å²) >= 11 is 0. The Bertz CT molecular complexity index is 963. The number of hydrogen-bond donors (Lipinski definition) is 3. The standard InChI is InChI=1S/C22H27N3O4/c1-12(2)7-16-11-18(24-22(28)23-16)21(27)25-20(15-9-17(26)10-15)14-3-4-19-13(8-14)5-6-29-19/h3-4,8,11-12,15,17,20,26H,5-7,9-10H2,1-2H3,(H,25,27)(H,23,24,28). The van der Waals surface area contributed by atoms with E-state index in [-0.39, 0.29) is 29.7 Å². The number of nitrogens with zero attached hydrogens (tertiary/aromatic N) is 1. The molecule has 3 N–H and O–H groups in total. The van der Waals surface area contributed by atoms with Gasteiger partial charge < -0.3 is 20.1 Å². The smallest absolute Gasteiger partial charge is 0.345 e. The van der Waals surface area contributed by atoms with Gasteiger partial charge in [0, 0.05) is 12.1 Å². The summed E-state index contributed by atoms with van der Waals surface area (Å²) < 4.78 is 5.58. The van der Waals surface area contributed by atoms with Crippen molar-refractivity contribution in [2.75, 3.05) is 6.61 Å². The molecule has 0 saturated heterocycles. The maximum atomic E-state index is 13.0. The van der Waals surface area contributed by atoms with E-state index < -0.39 is 5.69 Å². The summed E-state index contributed by atoms with van der Waals surface area (Å²) in [4.78, 5) is 31.5. The van der Waals surface area contributed by atoms with Gasteiger partial charge in [-0.25, -0.2) is 4.79 Å². The minimum absolute atomic E-state index is 0.124. The second-order valence-corrected chi connectivity index (χ2v) is 8.50. The topological polar surface area (TPSA) is 104 Å². The summed E-state index contributed by atoms with van der Waals surface area (Å²) in [6, 6.07) is 7.40. The highest BCUT2D eigenvalue weighted by molar-refractivity contribution is 5.92. The van der Waals surface area contributed by atoms with E-state index in [1.807, 2.05) is 26.0 Å². The van der Waals surface area contributed by atoms with E-state index in [1.54, 1.807) is 6.07 Å². The molecule has 0 radical (unpaired) electrons. The van der Waals surface area contributed by atoms with Crippen molar-refractivity contribution < 1.29 is 14.6 Å². The first kappa shape index (κ1) is 19.6. The molecule has 1 atom stereocenters. The first-order valence-corrected chi connectivity index (χ1v) is 10.2. The Labute approximate surface area is 169 Å². The number of carbonyl (C=O) groups excluding carboxylic acids is 1. The van der Waals surface area contributed by atoms with Gasteiger partial charge in [-0.2, -0.15) is 4.98 Å². The Kier molecular flexibility index (Phi) is 5.41. The number of aliphatic hydroxyl groups is 1. The highest BCUT2D eigenvalue weighted by atomic mass is 16.5. The monoisotopic (exact) mass is 397 g/mol. The molecule has 2 aliphatic rings. The first-order valence-electron chi connectivity index (χ1n) is 10.2. The Morgan fingerprint density at radius 2 is 2.14 bits per heavy atom. The van der Waals surface area contributed by atoms with Crippen LogP contribution in [0.15, 0.2) is 29.1 Å².